The molecule has 1 heterocycles. The second-order valence-corrected chi connectivity index (χ2v) is 6.64. The van der Waals surface area contributed by atoms with Gasteiger partial charge in [0.25, 0.3) is 0 Å². The monoisotopic (exact) mass is 263 g/mol. The summed E-state index contributed by atoms with van der Waals surface area (Å²) < 4.78 is 5.51. The highest BCUT2D eigenvalue weighted by atomic mass is 16.5. The van der Waals surface area contributed by atoms with Crippen LogP contribution in [0, 0.1) is 5.92 Å². The summed E-state index contributed by atoms with van der Waals surface area (Å²) >= 11 is 0. The first-order chi connectivity index (χ1) is 9.17. The molecule has 0 bridgehead atoms. The molecule has 2 N–H and O–H groups in total. The van der Waals surface area contributed by atoms with Crippen LogP contribution in [0.4, 0.5) is 0 Å². The molecular weight excluding hydrogens is 238 g/mol. The lowest BCUT2D eigenvalue weighted by molar-refractivity contribution is 0.219. The number of nitrogens with two attached hydrogens (primary N) is 1. The predicted molar refractivity (Wildman–Crippen MR) is 73.6 cm³/mol. The Morgan fingerprint density at radius 2 is 1.95 bits per heavy atom. The fourth-order valence-electron chi connectivity index (χ4n) is 3.67. The summed E-state index contributed by atoms with van der Waals surface area (Å²) in [5, 5.41) is 4.23. The Morgan fingerprint density at radius 3 is 2.68 bits per heavy atom. The molecule has 4 heteroatoms. The summed E-state index contributed by atoms with van der Waals surface area (Å²) in [5.74, 6) is 2.84. The van der Waals surface area contributed by atoms with Crippen LogP contribution in [0.2, 0.25) is 0 Å². The van der Waals surface area contributed by atoms with Crippen molar-refractivity contribution in [3.8, 4) is 0 Å². The quantitative estimate of drug-likeness (QED) is 0.887. The van der Waals surface area contributed by atoms with Gasteiger partial charge in [-0.15, -0.1) is 0 Å². The van der Waals surface area contributed by atoms with E-state index in [-0.39, 0.29) is 5.54 Å². The first-order valence-electron chi connectivity index (χ1n) is 7.80. The maximum absolute atomic E-state index is 6.45. The van der Waals surface area contributed by atoms with Crippen molar-refractivity contribution in [3.05, 3.63) is 11.7 Å². The largest absolute Gasteiger partial charge is 0.337 e. The van der Waals surface area contributed by atoms with Crippen LogP contribution >= 0.6 is 0 Å². The number of aromatic nitrogens is 2. The van der Waals surface area contributed by atoms with Gasteiger partial charge in [-0.3, -0.25) is 0 Å². The van der Waals surface area contributed by atoms with Crippen molar-refractivity contribution in [1.82, 2.24) is 10.1 Å². The Morgan fingerprint density at radius 1 is 1.16 bits per heavy atom. The topological polar surface area (TPSA) is 64.9 Å². The van der Waals surface area contributed by atoms with E-state index < -0.39 is 0 Å². The molecule has 0 radical (unpaired) electrons. The van der Waals surface area contributed by atoms with E-state index >= 15 is 0 Å². The van der Waals surface area contributed by atoms with Gasteiger partial charge in [-0.05, 0) is 31.6 Å². The molecule has 106 valence electrons. The molecule has 2 aliphatic rings. The van der Waals surface area contributed by atoms with Crippen molar-refractivity contribution in [2.45, 2.75) is 76.2 Å². The number of hydrogen-bond donors (Lipinski definition) is 1. The summed E-state index contributed by atoms with van der Waals surface area (Å²) in [6.07, 6.45) is 10.6. The summed E-state index contributed by atoms with van der Waals surface area (Å²) in [6.45, 7) is 2.32. The number of hydrogen-bond acceptors (Lipinski definition) is 4. The molecule has 0 saturated heterocycles. The first-order valence-corrected chi connectivity index (χ1v) is 7.80. The minimum absolute atomic E-state index is 0.357. The van der Waals surface area contributed by atoms with Crippen molar-refractivity contribution in [3.63, 3.8) is 0 Å². The standard InChI is InChI=1S/C15H25N3O/c1-11-6-5-7-12(10-11)13-17-14(19-18-13)15(16)8-3-2-4-9-15/h11-12H,2-10,16H2,1H3. The van der Waals surface area contributed by atoms with Crippen LogP contribution in [0.15, 0.2) is 4.52 Å². The predicted octanol–water partition coefficient (Wildman–Crippen LogP) is 3.48. The molecule has 0 aliphatic heterocycles. The molecule has 0 spiro atoms. The van der Waals surface area contributed by atoms with Crippen molar-refractivity contribution < 1.29 is 4.52 Å². The highest BCUT2D eigenvalue weighted by Gasteiger charge is 2.36. The fraction of sp³-hybridized carbons (Fsp3) is 0.867. The van der Waals surface area contributed by atoms with Gasteiger partial charge in [0.05, 0.1) is 5.54 Å². The van der Waals surface area contributed by atoms with Crippen molar-refractivity contribution in [2.24, 2.45) is 11.7 Å². The molecule has 0 aromatic carbocycles. The van der Waals surface area contributed by atoms with Crippen LogP contribution in [-0.2, 0) is 5.54 Å². The van der Waals surface area contributed by atoms with Gasteiger partial charge in [-0.1, -0.05) is 44.2 Å². The zero-order valence-electron chi connectivity index (χ0n) is 11.9. The van der Waals surface area contributed by atoms with E-state index in [1.54, 1.807) is 0 Å². The Kier molecular flexibility index (Phi) is 3.61. The van der Waals surface area contributed by atoms with E-state index in [0.717, 1.165) is 24.6 Å². The first kappa shape index (κ1) is 13.1. The van der Waals surface area contributed by atoms with Gasteiger partial charge in [0.15, 0.2) is 5.82 Å². The number of nitrogens with zero attached hydrogens (tertiary/aromatic N) is 2. The highest BCUT2D eigenvalue weighted by molar-refractivity contribution is 5.06. The summed E-state index contributed by atoms with van der Waals surface area (Å²) in [4.78, 5) is 4.66. The minimum atomic E-state index is -0.357. The van der Waals surface area contributed by atoms with Crippen LogP contribution in [0.5, 0.6) is 0 Å². The van der Waals surface area contributed by atoms with Crippen molar-refractivity contribution in [2.75, 3.05) is 0 Å². The molecule has 2 atom stereocenters. The van der Waals surface area contributed by atoms with Crippen LogP contribution in [-0.4, -0.2) is 10.1 Å². The van der Waals surface area contributed by atoms with Crippen LogP contribution in [0.25, 0.3) is 0 Å². The second-order valence-electron chi connectivity index (χ2n) is 6.64. The molecule has 0 amide bonds. The van der Waals surface area contributed by atoms with Gasteiger partial charge in [-0.25, -0.2) is 0 Å². The molecule has 3 rings (SSSR count). The Labute approximate surface area is 115 Å². The van der Waals surface area contributed by atoms with Gasteiger partial charge < -0.3 is 10.3 Å². The molecule has 1 aromatic heterocycles. The van der Waals surface area contributed by atoms with Gasteiger partial charge in [-0.2, -0.15) is 4.98 Å². The molecule has 2 fully saturated rings. The van der Waals surface area contributed by atoms with Gasteiger partial charge >= 0.3 is 0 Å². The van der Waals surface area contributed by atoms with E-state index in [1.807, 2.05) is 0 Å². The Balaban J connectivity index is 1.75. The SMILES string of the molecule is CC1CCCC(c2noc(C3(N)CCCCC3)n2)C1. The highest BCUT2D eigenvalue weighted by Crippen LogP contribution is 2.37. The Bertz CT molecular complexity index is 423. The molecule has 2 saturated carbocycles. The van der Waals surface area contributed by atoms with Gasteiger partial charge in [0.1, 0.15) is 0 Å². The summed E-state index contributed by atoms with van der Waals surface area (Å²) in [5.41, 5.74) is 6.10. The van der Waals surface area contributed by atoms with Gasteiger partial charge in [0.2, 0.25) is 5.89 Å². The van der Waals surface area contributed by atoms with Gasteiger partial charge in [0, 0.05) is 5.92 Å². The van der Waals surface area contributed by atoms with Crippen LogP contribution in [0.1, 0.15) is 82.3 Å². The van der Waals surface area contributed by atoms with E-state index in [9.17, 15) is 0 Å². The van der Waals surface area contributed by atoms with E-state index in [2.05, 4.69) is 17.1 Å². The summed E-state index contributed by atoms with van der Waals surface area (Å²) in [7, 11) is 0. The van der Waals surface area contributed by atoms with Crippen LogP contribution < -0.4 is 5.73 Å². The zero-order chi connectivity index (χ0) is 13.3. The average Bonchev–Trinajstić information content (AvgIpc) is 2.90. The lowest BCUT2D eigenvalue weighted by Crippen LogP contribution is -2.39. The molecule has 2 unspecified atom stereocenters. The smallest absolute Gasteiger partial charge is 0.246 e. The minimum Gasteiger partial charge on any atom is -0.337 e. The average molecular weight is 263 g/mol. The molecule has 19 heavy (non-hydrogen) atoms. The zero-order valence-corrected chi connectivity index (χ0v) is 11.9. The van der Waals surface area contributed by atoms with Crippen molar-refractivity contribution >= 4 is 0 Å². The third-order valence-electron chi connectivity index (χ3n) is 4.91. The maximum atomic E-state index is 6.45. The number of rotatable bonds is 2. The lowest BCUT2D eigenvalue weighted by atomic mass is 9.81. The van der Waals surface area contributed by atoms with E-state index in [4.69, 9.17) is 10.3 Å². The molecule has 1 aromatic rings. The third-order valence-corrected chi connectivity index (χ3v) is 4.91. The normalized spacial score (nSPS) is 31.3. The van der Waals surface area contributed by atoms with Crippen LogP contribution in [0.3, 0.4) is 0 Å². The van der Waals surface area contributed by atoms with Crippen molar-refractivity contribution in [1.29, 1.82) is 0 Å². The second kappa shape index (κ2) is 5.23. The third kappa shape index (κ3) is 2.69. The molecule has 2 aliphatic carbocycles. The van der Waals surface area contributed by atoms with E-state index in [1.165, 1.54) is 44.9 Å². The Hall–Kier alpha value is -0.900. The molecule has 4 nitrogen and oxygen atoms in total. The maximum Gasteiger partial charge on any atom is 0.246 e. The molecular formula is C15H25N3O. The van der Waals surface area contributed by atoms with E-state index in [0.29, 0.717) is 11.8 Å². The fourth-order valence-corrected chi connectivity index (χ4v) is 3.67. The summed E-state index contributed by atoms with van der Waals surface area (Å²) in [6, 6.07) is 0. The lowest BCUT2D eigenvalue weighted by Gasteiger charge is -2.29.